The van der Waals surface area contributed by atoms with Crippen LogP contribution in [0.3, 0.4) is 0 Å². The van der Waals surface area contributed by atoms with Crippen LogP contribution in [-0.2, 0) is 16.2 Å². The predicted octanol–water partition coefficient (Wildman–Crippen LogP) is 4.41. The molecular weight excluding hydrogens is 477 g/mol. The van der Waals surface area contributed by atoms with Crippen molar-refractivity contribution in [3.05, 3.63) is 71.8 Å². The Balaban J connectivity index is 2.02. The first-order valence-corrected chi connectivity index (χ1v) is 11.0. The summed E-state index contributed by atoms with van der Waals surface area (Å²) in [5.41, 5.74) is -1.22. The number of carbonyl (C=O) groups is 1. The van der Waals surface area contributed by atoms with Crippen LogP contribution in [0.25, 0.3) is 0 Å². The molecule has 180 valence electrons. The van der Waals surface area contributed by atoms with Gasteiger partial charge in [0, 0.05) is 11.8 Å². The first kappa shape index (κ1) is 24.9. The van der Waals surface area contributed by atoms with Gasteiger partial charge in [0.1, 0.15) is 11.5 Å². The number of ether oxygens (including phenoxy) is 3. The van der Waals surface area contributed by atoms with Crippen LogP contribution in [-0.4, -0.2) is 28.5 Å². The summed E-state index contributed by atoms with van der Waals surface area (Å²) in [5.74, 6) is -0.640. The van der Waals surface area contributed by atoms with E-state index >= 15 is 0 Å². The van der Waals surface area contributed by atoms with E-state index in [2.05, 4.69) is 5.32 Å². The normalized spacial score (nSPS) is 11.6. The largest absolute Gasteiger partial charge is 0.497 e. The minimum Gasteiger partial charge on any atom is -0.497 e. The molecule has 0 saturated heterocycles. The zero-order valence-corrected chi connectivity index (χ0v) is 18.7. The van der Waals surface area contributed by atoms with Gasteiger partial charge in [-0.25, -0.2) is 13.6 Å². The monoisotopic (exact) mass is 496 g/mol. The first-order valence-electron chi connectivity index (χ1n) is 9.47. The van der Waals surface area contributed by atoms with Crippen LogP contribution in [0.15, 0.2) is 65.6 Å². The van der Waals surface area contributed by atoms with Crippen molar-refractivity contribution < 1.29 is 40.6 Å². The molecule has 0 unspecified atom stereocenters. The third-order valence-corrected chi connectivity index (χ3v) is 5.48. The number of nitrogens with one attached hydrogen (secondary N) is 1. The van der Waals surface area contributed by atoms with Gasteiger partial charge in [0.25, 0.3) is 5.91 Å². The van der Waals surface area contributed by atoms with Gasteiger partial charge in [-0.2, -0.15) is 13.2 Å². The fourth-order valence-electron chi connectivity index (χ4n) is 2.90. The van der Waals surface area contributed by atoms with Gasteiger partial charge < -0.3 is 19.5 Å². The van der Waals surface area contributed by atoms with Crippen LogP contribution in [0.2, 0.25) is 0 Å². The van der Waals surface area contributed by atoms with E-state index < -0.39 is 33.4 Å². The SMILES string of the molecule is COc1ccc(Oc2cc(C(F)(F)F)ccc2C(=O)Nc2cccc(S(N)(=O)=O)c2)c(OC)c1. The van der Waals surface area contributed by atoms with Crippen LogP contribution in [0, 0.1) is 0 Å². The number of hydrogen-bond acceptors (Lipinski definition) is 6. The fraction of sp³-hybridized carbons (Fsp3) is 0.136. The molecule has 8 nitrogen and oxygen atoms in total. The number of anilines is 1. The Hall–Kier alpha value is -3.77. The van der Waals surface area contributed by atoms with E-state index in [1.54, 1.807) is 0 Å². The zero-order valence-electron chi connectivity index (χ0n) is 17.8. The molecule has 0 bridgehead atoms. The fourth-order valence-corrected chi connectivity index (χ4v) is 3.46. The summed E-state index contributed by atoms with van der Waals surface area (Å²) in [7, 11) is -1.28. The number of primary sulfonamides is 1. The number of amides is 1. The van der Waals surface area contributed by atoms with Gasteiger partial charge in [0.05, 0.1) is 30.2 Å². The van der Waals surface area contributed by atoms with Crippen molar-refractivity contribution in [2.45, 2.75) is 11.1 Å². The number of nitrogens with two attached hydrogens (primary N) is 1. The lowest BCUT2D eigenvalue weighted by molar-refractivity contribution is -0.137. The van der Waals surface area contributed by atoms with Gasteiger partial charge in [-0.05, 0) is 48.5 Å². The van der Waals surface area contributed by atoms with E-state index in [0.717, 1.165) is 18.2 Å². The van der Waals surface area contributed by atoms with E-state index in [9.17, 15) is 26.4 Å². The highest BCUT2D eigenvalue weighted by atomic mass is 32.2. The summed E-state index contributed by atoms with van der Waals surface area (Å²) in [6, 6.07) is 11.8. The minimum absolute atomic E-state index is 0.0351. The third-order valence-electron chi connectivity index (χ3n) is 4.56. The summed E-state index contributed by atoms with van der Waals surface area (Å²) >= 11 is 0. The smallest absolute Gasteiger partial charge is 0.416 e. The van der Waals surface area contributed by atoms with Gasteiger partial charge in [-0.15, -0.1) is 0 Å². The maximum Gasteiger partial charge on any atom is 0.416 e. The Kier molecular flexibility index (Phi) is 7.03. The number of hydrogen-bond donors (Lipinski definition) is 2. The molecule has 12 heteroatoms. The molecule has 0 radical (unpaired) electrons. The molecule has 0 heterocycles. The highest BCUT2D eigenvalue weighted by molar-refractivity contribution is 7.89. The van der Waals surface area contributed by atoms with Gasteiger partial charge in [-0.1, -0.05) is 6.07 Å². The second-order valence-electron chi connectivity index (χ2n) is 6.85. The zero-order chi connectivity index (χ0) is 25.1. The number of halogens is 3. The first-order chi connectivity index (χ1) is 15.9. The van der Waals surface area contributed by atoms with Crippen LogP contribution < -0.4 is 24.7 Å². The number of benzene rings is 3. The van der Waals surface area contributed by atoms with Crippen LogP contribution in [0.5, 0.6) is 23.0 Å². The maximum atomic E-state index is 13.3. The molecule has 0 spiro atoms. The summed E-state index contributed by atoms with van der Waals surface area (Å²) in [6.45, 7) is 0. The molecule has 3 N–H and O–H groups in total. The predicted molar refractivity (Wildman–Crippen MR) is 117 cm³/mol. The van der Waals surface area contributed by atoms with E-state index in [1.807, 2.05) is 0 Å². The van der Waals surface area contributed by atoms with Crippen molar-refractivity contribution in [1.82, 2.24) is 0 Å². The Morgan fingerprint density at radius 3 is 2.26 bits per heavy atom. The van der Waals surface area contributed by atoms with E-state index in [4.69, 9.17) is 19.3 Å². The van der Waals surface area contributed by atoms with E-state index in [1.165, 1.54) is 50.6 Å². The lowest BCUT2D eigenvalue weighted by Gasteiger charge is -2.16. The average molecular weight is 496 g/mol. The molecule has 0 aliphatic carbocycles. The van der Waals surface area contributed by atoms with E-state index in [-0.39, 0.29) is 27.6 Å². The second-order valence-corrected chi connectivity index (χ2v) is 8.42. The Labute approximate surface area is 193 Å². The molecule has 0 saturated carbocycles. The third kappa shape index (κ3) is 5.77. The average Bonchev–Trinajstić information content (AvgIpc) is 2.78. The van der Waals surface area contributed by atoms with Gasteiger partial charge in [0.2, 0.25) is 10.0 Å². The van der Waals surface area contributed by atoms with E-state index in [0.29, 0.717) is 11.8 Å². The number of rotatable bonds is 7. The Morgan fingerprint density at radius 2 is 1.65 bits per heavy atom. The quantitative estimate of drug-likeness (QED) is 0.500. The number of methoxy groups -OCH3 is 2. The van der Waals surface area contributed by atoms with Gasteiger partial charge >= 0.3 is 6.18 Å². The van der Waals surface area contributed by atoms with Crippen molar-refractivity contribution in [2.75, 3.05) is 19.5 Å². The lowest BCUT2D eigenvalue weighted by Crippen LogP contribution is -2.16. The van der Waals surface area contributed by atoms with Crippen molar-refractivity contribution in [1.29, 1.82) is 0 Å². The highest BCUT2D eigenvalue weighted by Gasteiger charge is 2.32. The van der Waals surface area contributed by atoms with Crippen molar-refractivity contribution in [3.63, 3.8) is 0 Å². The van der Waals surface area contributed by atoms with Crippen molar-refractivity contribution in [3.8, 4) is 23.0 Å². The van der Waals surface area contributed by atoms with Crippen LogP contribution in [0.1, 0.15) is 15.9 Å². The molecule has 0 atom stereocenters. The summed E-state index contributed by atoms with van der Waals surface area (Å²) < 4.78 is 79.0. The Bertz CT molecular complexity index is 1330. The summed E-state index contributed by atoms with van der Waals surface area (Å²) in [4.78, 5) is 12.6. The number of alkyl halides is 3. The summed E-state index contributed by atoms with van der Waals surface area (Å²) in [6.07, 6.45) is -4.69. The minimum atomic E-state index is -4.69. The molecular formula is C22H19F3N2O6S. The second kappa shape index (κ2) is 9.61. The maximum absolute atomic E-state index is 13.3. The molecule has 0 fully saturated rings. The number of carbonyl (C=O) groups excluding carboxylic acids is 1. The molecule has 0 aromatic heterocycles. The van der Waals surface area contributed by atoms with Gasteiger partial charge in [0.15, 0.2) is 11.5 Å². The van der Waals surface area contributed by atoms with Crippen molar-refractivity contribution >= 4 is 21.6 Å². The molecule has 34 heavy (non-hydrogen) atoms. The lowest BCUT2D eigenvalue weighted by atomic mass is 10.1. The van der Waals surface area contributed by atoms with Crippen molar-refractivity contribution in [2.24, 2.45) is 5.14 Å². The van der Waals surface area contributed by atoms with Crippen LogP contribution in [0.4, 0.5) is 18.9 Å². The Morgan fingerprint density at radius 1 is 0.912 bits per heavy atom. The molecule has 1 amide bonds. The molecule has 0 aliphatic rings. The molecule has 3 aromatic rings. The molecule has 0 aliphatic heterocycles. The highest BCUT2D eigenvalue weighted by Crippen LogP contribution is 2.39. The number of sulfonamides is 1. The molecule has 3 rings (SSSR count). The summed E-state index contributed by atoms with van der Waals surface area (Å²) in [5, 5.41) is 7.53. The topological polar surface area (TPSA) is 117 Å². The van der Waals surface area contributed by atoms with Gasteiger partial charge in [-0.3, -0.25) is 4.79 Å². The molecule has 3 aromatic carbocycles. The standard InChI is InChI=1S/C22H19F3N2O6S/c1-31-15-7-9-18(20(12-15)32-2)33-19-10-13(22(23,24)25)6-8-17(19)21(28)27-14-4-3-5-16(11-14)34(26,29)30/h3-12H,1-2H3,(H,27,28)(H2,26,29,30). The van der Waals surface area contributed by atoms with Crippen LogP contribution >= 0.6 is 0 Å².